The summed E-state index contributed by atoms with van der Waals surface area (Å²) in [5.41, 5.74) is 6.84. The molecule has 4 saturated carbocycles. The zero-order chi connectivity index (χ0) is 23.8. The molecule has 0 spiro atoms. The summed E-state index contributed by atoms with van der Waals surface area (Å²) in [4.78, 5) is 0. The molecule has 184 valence electrons. The zero-order valence-corrected chi connectivity index (χ0v) is 24.2. The summed E-state index contributed by atoms with van der Waals surface area (Å²) in [6.45, 7) is 23.5. The van der Waals surface area contributed by atoms with Gasteiger partial charge in [0.25, 0.3) is 0 Å². The van der Waals surface area contributed by atoms with Gasteiger partial charge in [-0.25, -0.2) is 0 Å². The second-order valence-corrected chi connectivity index (χ2v) is 19.3. The molecule has 11 unspecified atom stereocenters. The van der Waals surface area contributed by atoms with Crippen LogP contribution in [0, 0.1) is 67.1 Å². The van der Waals surface area contributed by atoms with Crippen LogP contribution in [0.1, 0.15) is 89.3 Å². The molecule has 1 heteroatoms. The van der Waals surface area contributed by atoms with Gasteiger partial charge in [-0.05, 0) is 114 Å². The standard InChI is InChI=1S/C32H52Si/c1-18-13-14-19(2)27(15-18)30-26-12-10-11-25(26)17-29-28(30)16-20(3)31(29)33(8,9)32-23(6)21(4)22(5)24(32)7/h13-15,20-26,28-32H,10-12,16-17H2,1-9H3. The molecular weight excluding hydrogens is 412 g/mol. The largest absolute Gasteiger partial charge is 0.0689 e. The lowest BCUT2D eigenvalue weighted by Crippen LogP contribution is -2.47. The number of hydrogen-bond donors (Lipinski definition) is 0. The van der Waals surface area contributed by atoms with Gasteiger partial charge < -0.3 is 0 Å². The number of hydrogen-bond acceptors (Lipinski definition) is 0. The van der Waals surface area contributed by atoms with Crippen LogP contribution in [0.3, 0.4) is 0 Å². The predicted molar refractivity (Wildman–Crippen MR) is 147 cm³/mol. The van der Waals surface area contributed by atoms with Crippen molar-refractivity contribution in [1.82, 2.24) is 0 Å². The molecule has 33 heavy (non-hydrogen) atoms. The van der Waals surface area contributed by atoms with Crippen molar-refractivity contribution in [3.63, 3.8) is 0 Å². The van der Waals surface area contributed by atoms with Gasteiger partial charge >= 0.3 is 0 Å². The lowest BCUT2D eigenvalue weighted by molar-refractivity contribution is 0.120. The molecule has 0 aliphatic heterocycles. The predicted octanol–water partition coefficient (Wildman–Crippen LogP) is 9.49. The summed E-state index contributed by atoms with van der Waals surface area (Å²) in [6.07, 6.45) is 7.58. The van der Waals surface area contributed by atoms with E-state index in [9.17, 15) is 0 Å². The van der Waals surface area contributed by atoms with Crippen LogP contribution in [-0.2, 0) is 0 Å². The van der Waals surface area contributed by atoms with Crippen molar-refractivity contribution in [3.8, 4) is 0 Å². The maximum absolute atomic E-state index is 2.85. The average Bonchev–Trinajstić information content (AvgIpc) is 3.40. The van der Waals surface area contributed by atoms with Gasteiger partial charge in [-0.2, -0.15) is 0 Å². The Kier molecular flexibility index (Phi) is 6.24. The molecule has 5 rings (SSSR count). The van der Waals surface area contributed by atoms with Crippen molar-refractivity contribution in [2.75, 3.05) is 0 Å². The molecule has 0 N–H and O–H groups in total. The molecule has 0 nitrogen and oxygen atoms in total. The van der Waals surface area contributed by atoms with Crippen LogP contribution in [0.5, 0.6) is 0 Å². The Labute approximate surface area is 206 Å². The van der Waals surface area contributed by atoms with Gasteiger partial charge in [-0.15, -0.1) is 0 Å². The molecule has 4 aliphatic rings. The van der Waals surface area contributed by atoms with E-state index in [1.165, 1.54) is 31.2 Å². The van der Waals surface area contributed by atoms with Crippen molar-refractivity contribution >= 4 is 8.07 Å². The monoisotopic (exact) mass is 464 g/mol. The molecule has 0 radical (unpaired) electrons. The molecule has 4 fully saturated rings. The van der Waals surface area contributed by atoms with Gasteiger partial charge in [-0.3, -0.25) is 0 Å². The number of rotatable bonds is 3. The Bertz CT molecular complexity index is 855. The van der Waals surface area contributed by atoms with E-state index in [4.69, 9.17) is 0 Å². The van der Waals surface area contributed by atoms with Gasteiger partial charge in [0.05, 0.1) is 8.07 Å². The SMILES string of the molecule is Cc1ccc(C)c(C2C3CCCC3CC3C2CC(C)C3[Si](C)(C)C2C(C)C(C)C(C)C2C)c1. The molecule has 0 heterocycles. The molecule has 0 saturated heterocycles. The number of fused-ring (bicyclic) bond motifs is 2. The third kappa shape index (κ3) is 3.65. The lowest BCUT2D eigenvalue weighted by atomic mass is 9.61. The van der Waals surface area contributed by atoms with Crippen molar-refractivity contribution in [3.05, 3.63) is 34.9 Å². The van der Waals surface area contributed by atoms with E-state index in [1.807, 2.05) is 0 Å². The summed E-state index contributed by atoms with van der Waals surface area (Å²) >= 11 is 0. The normalized spacial score (nSPS) is 47.5. The van der Waals surface area contributed by atoms with Crippen LogP contribution in [0.15, 0.2) is 18.2 Å². The molecule has 1 aromatic carbocycles. The fourth-order valence-corrected chi connectivity index (χ4v) is 18.1. The molecular formula is C32H52Si. The highest BCUT2D eigenvalue weighted by atomic mass is 28.3. The van der Waals surface area contributed by atoms with E-state index >= 15 is 0 Å². The van der Waals surface area contributed by atoms with Gasteiger partial charge in [0.15, 0.2) is 0 Å². The Morgan fingerprint density at radius 2 is 1.39 bits per heavy atom. The summed E-state index contributed by atoms with van der Waals surface area (Å²) in [6, 6.07) is 7.37. The van der Waals surface area contributed by atoms with Crippen LogP contribution in [-0.4, -0.2) is 8.07 Å². The number of aryl methyl sites for hydroxylation is 2. The quantitative estimate of drug-likeness (QED) is 0.391. The maximum Gasteiger partial charge on any atom is 0.0546 e. The highest BCUT2D eigenvalue weighted by Gasteiger charge is 2.61. The van der Waals surface area contributed by atoms with E-state index < -0.39 is 8.07 Å². The van der Waals surface area contributed by atoms with Crippen LogP contribution in [0.25, 0.3) is 0 Å². The van der Waals surface area contributed by atoms with E-state index in [0.29, 0.717) is 0 Å². The minimum atomic E-state index is -1.42. The smallest absolute Gasteiger partial charge is 0.0546 e. The first-order valence-electron chi connectivity index (χ1n) is 14.6. The van der Waals surface area contributed by atoms with Gasteiger partial charge in [-0.1, -0.05) is 84.3 Å². The highest BCUT2D eigenvalue weighted by Crippen LogP contribution is 2.68. The highest BCUT2D eigenvalue weighted by molar-refractivity contribution is 6.80. The molecule has 1 aromatic rings. The molecule has 11 atom stereocenters. The Morgan fingerprint density at radius 3 is 2.06 bits per heavy atom. The van der Waals surface area contributed by atoms with Gasteiger partial charge in [0, 0.05) is 0 Å². The minimum Gasteiger partial charge on any atom is -0.0689 e. The summed E-state index contributed by atoms with van der Waals surface area (Å²) in [7, 11) is -1.42. The van der Waals surface area contributed by atoms with Crippen molar-refractivity contribution in [2.45, 2.75) is 111 Å². The van der Waals surface area contributed by atoms with Crippen molar-refractivity contribution < 1.29 is 0 Å². The third-order valence-electron chi connectivity index (χ3n) is 12.6. The van der Waals surface area contributed by atoms with E-state index in [2.05, 4.69) is 79.8 Å². The minimum absolute atomic E-state index is 0.838. The lowest BCUT2D eigenvalue weighted by Gasteiger charge is -2.50. The van der Waals surface area contributed by atoms with Gasteiger partial charge in [0.1, 0.15) is 0 Å². The fraction of sp³-hybridized carbons (Fsp3) is 0.812. The third-order valence-corrected chi connectivity index (χ3v) is 18.1. The van der Waals surface area contributed by atoms with Crippen LogP contribution in [0.4, 0.5) is 0 Å². The molecule has 4 aliphatic carbocycles. The molecule has 0 aromatic heterocycles. The first-order chi connectivity index (χ1) is 15.5. The van der Waals surface area contributed by atoms with E-state index in [-0.39, 0.29) is 0 Å². The van der Waals surface area contributed by atoms with E-state index in [0.717, 1.165) is 70.3 Å². The fourth-order valence-electron chi connectivity index (χ4n) is 11.2. The van der Waals surface area contributed by atoms with Crippen LogP contribution >= 0.6 is 0 Å². The second-order valence-electron chi connectivity index (χ2n) is 14.3. The van der Waals surface area contributed by atoms with Crippen LogP contribution < -0.4 is 0 Å². The average molecular weight is 465 g/mol. The zero-order valence-electron chi connectivity index (χ0n) is 23.2. The second kappa shape index (κ2) is 8.53. The molecule has 0 bridgehead atoms. The van der Waals surface area contributed by atoms with Crippen LogP contribution in [0.2, 0.25) is 24.2 Å². The van der Waals surface area contributed by atoms with Crippen molar-refractivity contribution in [2.24, 2.45) is 53.3 Å². The maximum atomic E-state index is 2.85. The first-order valence-corrected chi connectivity index (χ1v) is 17.8. The van der Waals surface area contributed by atoms with E-state index in [1.54, 1.807) is 17.5 Å². The number of benzene rings is 1. The Morgan fingerprint density at radius 1 is 0.727 bits per heavy atom. The summed E-state index contributed by atoms with van der Waals surface area (Å²) in [5, 5.41) is 0. The Hall–Kier alpha value is -0.563. The molecule has 0 amide bonds. The first kappa shape index (κ1) is 24.1. The summed E-state index contributed by atoms with van der Waals surface area (Å²) in [5.74, 6) is 9.31. The summed E-state index contributed by atoms with van der Waals surface area (Å²) < 4.78 is 0. The topological polar surface area (TPSA) is 0 Å². The van der Waals surface area contributed by atoms with Gasteiger partial charge in [0.2, 0.25) is 0 Å². The van der Waals surface area contributed by atoms with Crippen molar-refractivity contribution in [1.29, 1.82) is 0 Å². The Balaban J connectivity index is 1.53.